The molecule has 0 bridgehead atoms. The summed E-state index contributed by atoms with van der Waals surface area (Å²) in [6.07, 6.45) is 0. The number of halogens is 1. The van der Waals surface area contributed by atoms with Crippen molar-refractivity contribution in [1.82, 2.24) is 4.90 Å². The summed E-state index contributed by atoms with van der Waals surface area (Å²) in [5.74, 6) is 1.65. The fraction of sp³-hybridized carbons (Fsp3) is 0.538. The zero-order valence-corrected chi connectivity index (χ0v) is 10.8. The third-order valence-corrected chi connectivity index (χ3v) is 4.12. The Kier molecular flexibility index (Phi) is 3.81. The van der Waals surface area contributed by atoms with Crippen molar-refractivity contribution in [3.05, 3.63) is 35.9 Å². The van der Waals surface area contributed by atoms with Crippen LogP contribution in [0.1, 0.15) is 12.5 Å². The van der Waals surface area contributed by atoms with E-state index in [0.717, 1.165) is 23.7 Å². The van der Waals surface area contributed by atoms with Gasteiger partial charge in [0.25, 0.3) is 0 Å². The van der Waals surface area contributed by atoms with Gasteiger partial charge >= 0.3 is 0 Å². The summed E-state index contributed by atoms with van der Waals surface area (Å²) in [5.41, 5.74) is 1.43. The van der Waals surface area contributed by atoms with Crippen LogP contribution in [0.3, 0.4) is 0 Å². The van der Waals surface area contributed by atoms with Gasteiger partial charge in [-0.3, -0.25) is 4.90 Å². The number of rotatable bonds is 3. The summed E-state index contributed by atoms with van der Waals surface area (Å²) < 4.78 is 0. The van der Waals surface area contributed by atoms with E-state index < -0.39 is 0 Å². The molecule has 2 atom stereocenters. The Morgan fingerprint density at radius 1 is 1.27 bits per heavy atom. The largest absolute Gasteiger partial charge is 0.298 e. The predicted octanol–water partition coefficient (Wildman–Crippen LogP) is 3.15. The Morgan fingerprint density at radius 3 is 2.60 bits per heavy atom. The van der Waals surface area contributed by atoms with Crippen LogP contribution in [0.4, 0.5) is 0 Å². The van der Waals surface area contributed by atoms with Gasteiger partial charge in [0.15, 0.2) is 0 Å². The van der Waals surface area contributed by atoms with Gasteiger partial charge in [-0.1, -0.05) is 53.2 Å². The van der Waals surface area contributed by atoms with Gasteiger partial charge in [0, 0.05) is 25.0 Å². The molecule has 2 rings (SSSR count). The number of alkyl halides is 1. The number of likely N-dealkylation sites (tertiary alicyclic amines) is 1. The number of hydrogen-bond donors (Lipinski definition) is 0. The van der Waals surface area contributed by atoms with Crippen molar-refractivity contribution >= 4 is 15.9 Å². The van der Waals surface area contributed by atoms with E-state index in [1.54, 1.807) is 0 Å². The van der Waals surface area contributed by atoms with Gasteiger partial charge in [0.05, 0.1) is 0 Å². The van der Waals surface area contributed by atoms with Crippen molar-refractivity contribution in [3.8, 4) is 0 Å². The maximum atomic E-state index is 3.60. The van der Waals surface area contributed by atoms with E-state index in [1.165, 1.54) is 18.7 Å². The molecule has 1 aromatic rings. The highest BCUT2D eigenvalue weighted by atomic mass is 79.9. The smallest absolute Gasteiger partial charge is 0.0233 e. The molecule has 1 aliphatic rings. The third kappa shape index (κ3) is 2.82. The minimum absolute atomic E-state index is 0.827. The third-order valence-electron chi connectivity index (χ3n) is 3.29. The summed E-state index contributed by atoms with van der Waals surface area (Å²) in [4.78, 5) is 2.56. The number of hydrogen-bond acceptors (Lipinski definition) is 1. The number of nitrogens with zero attached hydrogens (tertiary/aromatic N) is 1. The van der Waals surface area contributed by atoms with Crippen LogP contribution in [0.2, 0.25) is 0 Å². The lowest BCUT2D eigenvalue weighted by Crippen LogP contribution is -2.20. The van der Waals surface area contributed by atoms with Crippen LogP contribution < -0.4 is 0 Å². The summed E-state index contributed by atoms with van der Waals surface area (Å²) in [7, 11) is 0. The van der Waals surface area contributed by atoms with Gasteiger partial charge in [-0.05, 0) is 17.4 Å². The SMILES string of the molecule is CC1CN(Cc2ccccc2)CC1CBr. The lowest BCUT2D eigenvalue weighted by atomic mass is 10.0. The van der Waals surface area contributed by atoms with E-state index in [0.29, 0.717) is 0 Å². The van der Waals surface area contributed by atoms with E-state index in [-0.39, 0.29) is 0 Å². The summed E-state index contributed by atoms with van der Waals surface area (Å²) in [6, 6.07) is 10.8. The van der Waals surface area contributed by atoms with Crippen molar-refractivity contribution in [2.45, 2.75) is 13.5 Å². The Bertz CT molecular complexity index is 299. The lowest BCUT2D eigenvalue weighted by molar-refractivity contribution is 0.316. The van der Waals surface area contributed by atoms with Crippen molar-refractivity contribution < 1.29 is 0 Å². The molecule has 0 spiro atoms. The molecule has 15 heavy (non-hydrogen) atoms. The summed E-state index contributed by atoms with van der Waals surface area (Å²) >= 11 is 3.60. The highest BCUT2D eigenvalue weighted by molar-refractivity contribution is 9.09. The van der Waals surface area contributed by atoms with E-state index in [4.69, 9.17) is 0 Å². The van der Waals surface area contributed by atoms with Crippen LogP contribution in [-0.4, -0.2) is 23.3 Å². The minimum atomic E-state index is 0.827. The van der Waals surface area contributed by atoms with Gasteiger partial charge in [-0.15, -0.1) is 0 Å². The predicted molar refractivity (Wildman–Crippen MR) is 68.2 cm³/mol. The second-order valence-electron chi connectivity index (χ2n) is 4.57. The molecule has 1 fully saturated rings. The Hall–Kier alpha value is -0.340. The first kappa shape index (κ1) is 11.2. The molecule has 0 N–H and O–H groups in total. The van der Waals surface area contributed by atoms with Gasteiger partial charge in [0.1, 0.15) is 0 Å². The van der Waals surface area contributed by atoms with Gasteiger partial charge < -0.3 is 0 Å². The first-order chi connectivity index (χ1) is 7.29. The lowest BCUT2D eigenvalue weighted by Gasteiger charge is -2.15. The van der Waals surface area contributed by atoms with E-state index in [1.807, 2.05) is 0 Å². The van der Waals surface area contributed by atoms with Crippen LogP contribution in [0.15, 0.2) is 30.3 Å². The highest BCUT2D eigenvalue weighted by Crippen LogP contribution is 2.25. The molecule has 82 valence electrons. The maximum Gasteiger partial charge on any atom is 0.0233 e. The Balaban J connectivity index is 1.92. The fourth-order valence-corrected chi connectivity index (χ4v) is 3.16. The van der Waals surface area contributed by atoms with Crippen LogP contribution >= 0.6 is 15.9 Å². The topological polar surface area (TPSA) is 3.24 Å². The van der Waals surface area contributed by atoms with Crippen molar-refractivity contribution in [2.24, 2.45) is 11.8 Å². The molecule has 1 heterocycles. The average Bonchev–Trinajstić information content (AvgIpc) is 2.60. The molecule has 1 nitrogen and oxygen atoms in total. The molecule has 0 amide bonds. The zero-order valence-electron chi connectivity index (χ0n) is 9.20. The molecule has 0 aliphatic carbocycles. The molecule has 0 aromatic heterocycles. The first-order valence-corrected chi connectivity index (χ1v) is 6.74. The number of benzene rings is 1. The normalized spacial score (nSPS) is 27.1. The highest BCUT2D eigenvalue weighted by Gasteiger charge is 2.28. The monoisotopic (exact) mass is 267 g/mol. The second-order valence-corrected chi connectivity index (χ2v) is 5.22. The van der Waals surface area contributed by atoms with Crippen LogP contribution in [0.25, 0.3) is 0 Å². The molecule has 0 radical (unpaired) electrons. The van der Waals surface area contributed by atoms with Crippen LogP contribution in [-0.2, 0) is 6.54 Å². The quantitative estimate of drug-likeness (QED) is 0.761. The van der Waals surface area contributed by atoms with Crippen molar-refractivity contribution in [2.75, 3.05) is 18.4 Å². The fourth-order valence-electron chi connectivity index (χ4n) is 2.31. The molecule has 2 heteroatoms. The van der Waals surface area contributed by atoms with Crippen molar-refractivity contribution in [3.63, 3.8) is 0 Å². The van der Waals surface area contributed by atoms with Gasteiger partial charge in [-0.25, -0.2) is 0 Å². The summed E-state index contributed by atoms with van der Waals surface area (Å²) in [5, 5.41) is 1.14. The molecular weight excluding hydrogens is 250 g/mol. The average molecular weight is 268 g/mol. The minimum Gasteiger partial charge on any atom is -0.298 e. The standard InChI is InChI=1S/C13H18BrN/c1-11-8-15(10-13(11)7-14)9-12-5-3-2-4-6-12/h2-6,11,13H,7-10H2,1H3. The molecule has 1 aliphatic heterocycles. The van der Waals surface area contributed by atoms with E-state index in [9.17, 15) is 0 Å². The van der Waals surface area contributed by atoms with E-state index in [2.05, 4.69) is 58.1 Å². The van der Waals surface area contributed by atoms with E-state index >= 15 is 0 Å². The Labute approximate surface area is 101 Å². The second kappa shape index (κ2) is 5.13. The Morgan fingerprint density at radius 2 is 2.00 bits per heavy atom. The zero-order chi connectivity index (χ0) is 10.7. The first-order valence-electron chi connectivity index (χ1n) is 5.62. The van der Waals surface area contributed by atoms with Gasteiger partial charge in [0.2, 0.25) is 0 Å². The molecule has 2 unspecified atom stereocenters. The van der Waals surface area contributed by atoms with Crippen molar-refractivity contribution in [1.29, 1.82) is 0 Å². The molecule has 1 aromatic carbocycles. The maximum absolute atomic E-state index is 3.60. The van der Waals surface area contributed by atoms with Gasteiger partial charge in [-0.2, -0.15) is 0 Å². The van der Waals surface area contributed by atoms with Crippen LogP contribution in [0, 0.1) is 11.8 Å². The molecular formula is C13H18BrN. The summed E-state index contributed by atoms with van der Waals surface area (Å²) in [6.45, 7) is 5.94. The molecule has 1 saturated heterocycles. The van der Waals surface area contributed by atoms with Crippen LogP contribution in [0.5, 0.6) is 0 Å². The molecule has 0 saturated carbocycles.